The fourth-order valence-electron chi connectivity index (χ4n) is 1.67. The molecule has 0 unspecified atom stereocenters. The van der Waals surface area contributed by atoms with Crippen molar-refractivity contribution in [2.75, 3.05) is 0 Å². The number of rotatable bonds is 4. The maximum absolute atomic E-state index is 13.9. The van der Waals surface area contributed by atoms with Crippen molar-refractivity contribution in [1.29, 1.82) is 0 Å². The number of hydrogen-bond donors (Lipinski definition) is 0. The maximum atomic E-state index is 13.9. The van der Waals surface area contributed by atoms with Gasteiger partial charge in [-0.05, 0) is 31.8 Å². The van der Waals surface area contributed by atoms with Gasteiger partial charge in [-0.3, -0.25) is 0 Å². The lowest BCUT2D eigenvalue weighted by atomic mass is 10.2. The Morgan fingerprint density at radius 2 is 1.55 bits per heavy atom. The SMILES string of the molecule is C[Si](C)(C)OC(=C(F)F)c1cc([Si](C)(C)C)ccc1F. The van der Waals surface area contributed by atoms with Gasteiger partial charge in [0.15, 0.2) is 5.76 Å². The summed E-state index contributed by atoms with van der Waals surface area (Å²) < 4.78 is 45.6. The van der Waals surface area contributed by atoms with Gasteiger partial charge in [0.25, 0.3) is 0 Å². The highest BCUT2D eigenvalue weighted by Crippen LogP contribution is 2.28. The summed E-state index contributed by atoms with van der Waals surface area (Å²) in [5, 5.41) is 0.923. The first kappa shape index (κ1) is 17.0. The lowest BCUT2D eigenvalue weighted by molar-refractivity contribution is 0.382. The average Bonchev–Trinajstić information content (AvgIpc) is 2.23. The van der Waals surface area contributed by atoms with Crippen molar-refractivity contribution >= 4 is 27.3 Å². The molecule has 0 aliphatic carbocycles. The Bertz CT molecular complexity index is 524. The minimum absolute atomic E-state index is 0.132. The van der Waals surface area contributed by atoms with Crippen molar-refractivity contribution in [2.45, 2.75) is 39.3 Å². The van der Waals surface area contributed by atoms with Crippen LogP contribution in [0.2, 0.25) is 39.3 Å². The number of halogens is 3. The van der Waals surface area contributed by atoms with Crippen molar-refractivity contribution in [2.24, 2.45) is 0 Å². The molecule has 112 valence electrons. The van der Waals surface area contributed by atoms with Crippen LogP contribution in [0.5, 0.6) is 0 Å². The number of hydrogen-bond acceptors (Lipinski definition) is 1. The van der Waals surface area contributed by atoms with Crippen LogP contribution < -0.4 is 5.19 Å². The summed E-state index contributed by atoms with van der Waals surface area (Å²) >= 11 is 0. The molecule has 0 saturated heterocycles. The van der Waals surface area contributed by atoms with Gasteiger partial charge in [0.05, 0.1) is 13.6 Å². The van der Waals surface area contributed by atoms with Crippen molar-refractivity contribution in [1.82, 2.24) is 0 Å². The van der Waals surface area contributed by atoms with Crippen LogP contribution >= 0.6 is 0 Å². The van der Waals surface area contributed by atoms with E-state index in [1.807, 2.05) is 0 Å². The normalized spacial score (nSPS) is 12.2. The third-order valence-corrected chi connectivity index (χ3v) is 5.52. The van der Waals surface area contributed by atoms with Gasteiger partial charge in [0.1, 0.15) is 5.82 Å². The van der Waals surface area contributed by atoms with Crippen LogP contribution in [-0.4, -0.2) is 16.4 Å². The Hall–Kier alpha value is -1.02. The molecule has 0 amide bonds. The molecular weight excluding hydrogens is 297 g/mol. The summed E-state index contributed by atoms with van der Waals surface area (Å²) in [5.41, 5.74) is -0.132. The predicted molar refractivity (Wildman–Crippen MR) is 82.9 cm³/mol. The fourth-order valence-corrected chi connectivity index (χ4v) is 3.63. The molecule has 1 nitrogen and oxygen atoms in total. The Morgan fingerprint density at radius 1 is 1.00 bits per heavy atom. The molecule has 0 N–H and O–H groups in total. The smallest absolute Gasteiger partial charge is 0.311 e. The second kappa shape index (κ2) is 5.77. The Labute approximate surface area is 120 Å². The summed E-state index contributed by atoms with van der Waals surface area (Å²) in [6.45, 7) is 11.6. The van der Waals surface area contributed by atoms with Gasteiger partial charge in [0.2, 0.25) is 8.32 Å². The predicted octanol–water partition coefficient (Wildman–Crippen LogP) is 4.79. The van der Waals surface area contributed by atoms with Crippen LogP contribution in [0.1, 0.15) is 5.56 Å². The molecule has 0 heterocycles. The minimum atomic E-state index is -2.25. The monoisotopic (exact) mass is 318 g/mol. The molecule has 1 aromatic carbocycles. The van der Waals surface area contributed by atoms with Gasteiger partial charge < -0.3 is 4.43 Å². The van der Waals surface area contributed by atoms with E-state index in [9.17, 15) is 13.2 Å². The Morgan fingerprint density at radius 3 is 1.95 bits per heavy atom. The van der Waals surface area contributed by atoms with Crippen molar-refractivity contribution in [3.05, 3.63) is 35.7 Å². The molecule has 0 saturated carbocycles. The van der Waals surface area contributed by atoms with Crippen LogP contribution in [0, 0.1) is 5.82 Å². The molecule has 0 radical (unpaired) electrons. The maximum Gasteiger partial charge on any atom is 0.311 e. The van der Waals surface area contributed by atoms with E-state index >= 15 is 0 Å². The van der Waals surface area contributed by atoms with Crippen LogP contribution in [-0.2, 0) is 4.43 Å². The van der Waals surface area contributed by atoms with Gasteiger partial charge in [-0.2, -0.15) is 8.78 Å². The lowest BCUT2D eigenvalue weighted by Gasteiger charge is -2.23. The Balaban J connectivity index is 3.39. The lowest BCUT2D eigenvalue weighted by Crippen LogP contribution is -2.38. The molecule has 0 aliphatic heterocycles. The van der Waals surface area contributed by atoms with Gasteiger partial charge in [0, 0.05) is 0 Å². The van der Waals surface area contributed by atoms with Crippen LogP contribution in [0.3, 0.4) is 0 Å². The third-order valence-electron chi connectivity index (χ3n) is 2.66. The molecule has 0 bridgehead atoms. The third kappa shape index (κ3) is 4.52. The highest BCUT2D eigenvalue weighted by molar-refractivity contribution is 6.88. The topological polar surface area (TPSA) is 9.23 Å². The van der Waals surface area contributed by atoms with E-state index in [-0.39, 0.29) is 5.56 Å². The molecule has 0 atom stereocenters. The largest absolute Gasteiger partial charge is 0.540 e. The van der Waals surface area contributed by atoms with E-state index in [2.05, 4.69) is 19.6 Å². The van der Waals surface area contributed by atoms with Crippen LogP contribution in [0.15, 0.2) is 24.3 Å². The zero-order valence-corrected chi connectivity index (χ0v) is 14.8. The van der Waals surface area contributed by atoms with E-state index in [0.717, 1.165) is 5.19 Å². The van der Waals surface area contributed by atoms with Gasteiger partial charge in [-0.15, -0.1) is 0 Å². The molecule has 1 rings (SSSR count). The first-order valence-electron chi connectivity index (χ1n) is 6.46. The Kier molecular flexibility index (Phi) is 4.92. The molecule has 0 spiro atoms. The second-order valence-corrected chi connectivity index (χ2v) is 16.3. The highest BCUT2D eigenvalue weighted by Gasteiger charge is 2.26. The average molecular weight is 318 g/mol. The molecule has 0 aliphatic rings. The van der Waals surface area contributed by atoms with Gasteiger partial charge >= 0.3 is 6.08 Å². The zero-order valence-electron chi connectivity index (χ0n) is 12.8. The standard InChI is InChI=1S/C14H21F3OSi2/c1-19(2,3)10-7-8-12(15)11(9-10)13(14(16)17)18-20(4,5)6/h7-9H,1-6H3. The zero-order chi connectivity index (χ0) is 15.7. The molecular formula is C14H21F3OSi2. The molecule has 0 fully saturated rings. The summed E-state index contributed by atoms with van der Waals surface area (Å²) in [7, 11) is -3.95. The second-order valence-electron chi connectivity index (χ2n) is 6.75. The summed E-state index contributed by atoms with van der Waals surface area (Å²) in [5.74, 6) is -1.28. The first-order valence-corrected chi connectivity index (χ1v) is 13.4. The molecule has 6 heteroatoms. The van der Waals surface area contributed by atoms with Gasteiger partial charge in [-0.1, -0.05) is 30.9 Å². The van der Waals surface area contributed by atoms with Crippen molar-refractivity contribution in [3.63, 3.8) is 0 Å². The van der Waals surface area contributed by atoms with Gasteiger partial charge in [-0.25, -0.2) is 4.39 Å². The molecule has 0 aromatic heterocycles. The van der Waals surface area contributed by atoms with E-state index in [0.29, 0.717) is 0 Å². The van der Waals surface area contributed by atoms with Crippen LogP contribution in [0.4, 0.5) is 13.2 Å². The van der Waals surface area contributed by atoms with E-state index < -0.39 is 34.0 Å². The highest BCUT2D eigenvalue weighted by atomic mass is 28.4. The van der Waals surface area contributed by atoms with Crippen molar-refractivity contribution in [3.8, 4) is 0 Å². The summed E-state index contributed by atoms with van der Waals surface area (Å²) in [6, 6.07) is 4.43. The minimum Gasteiger partial charge on any atom is -0.540 e. The summed E-state index contributed by atoms with van der Waals surface area (Å²) in [4.78, 5) is 0. The van der Waals surface area contributed by atoms with E-state index in [1.54, 1.807) is 25.7 Å². The van der Waals surface area contributed by atoms with E-state index in [1.165, 1.54) is 12.1 Å². The van der Waals surface area contributed by atoms with Crippen LogP contribution in [0.25, 0.3) is 5.76 Å². The quantitative estimate of drug-likeness (QED) is 0.573. The number of benzene rings is 1. The molecule has 20 heavy (non-hydrogen) atoms. The summed E-state index contributed by atoms with van der Waals surface area (Å²) in [6.07, 6.45) is -1.97. The first-order chi connectivity index (χ1) is 8.92. The van der Waals surface area contributed by atoms with E-state index in [4.69, 9.17) is 4.43 Å². The fraction of sp³-hybridized carbons (Fsp3) is 0.429. The molecule has 1 aromatic rings. The van der Waals surface area contributed by atoms with Crippen molar-refractivity contribution < 1.29 is 17.6 Å².